The SMILES string of the molecule is O=C(O[AsH2])c1ccsc1. The molecule has 0 saturated carbocycles. The molecule has 1 aromatic heterocycles. The van der Waals surface area contributed by atoms with Gasteiger partial charge in [0.15, 0.2) is 0 Å². The molecule has 1 atom stereocenters. The minimum absolute atomic E-state index is 0.240. The summed E-state index contributed by atoms with van der Waals surface area (Å²) in [7, 11) is 0. The fourth-order valence-electron chi connectivity index (χ4n) is 0.449. The van der Waals surface area contributed by atoms with Gasteiger partial charge in [-0.15, -0.1) is 0 Å². The van der Waals surface area contributed by atoms with E-state index >= 15 is 0 Å². The molecule has 0 bridgehead atoms. The second kappa shape index (κ2) is 3.04. The number of thiophene rings is 1. The number of rotatable bonds is 1. The summed E-state index contributed by atoms with van der Waals surface area (Å²) < 4.78 is 4.52. The summed E-state index contributed by atoms with van der Waals surface area (Å²) in [6.45, 7) is 0. The normalized spacial score (nSPS) is 9.00. The molecule has 0 spiro atoms. The first-order chi connectivity index (χ1) is 4.34. The zero-order chi connectivity index (χ0) is 6.69. The van der Waals surface area contributed by atoms with E-state index < -0.39 is 0 Å². The third-order valence-electron chi connectivity index (χ3n) is 0.864. The predicted octanol–water partition coefficient (Wildman–Crippen LogP) is 0.453. The third kappa shape index (κ3) is 1.57. The molecule has 0 saturated heterocycles. The van der Waals surface area contributed by atoms with E-state index in [4.69, 9.17) is 0 Å². The van der Waals surface area contributed by atoms with Crippen molar-refractivity contribution in [1.82, 2.24) is 0 Å². The monoisotopic (exact) mass is 204 g/mol. The van der Waals surface area contributed by atoms with E-state index in [0.717, 1.165) is 17.2 Å². The Morgan fingerprint density at radius 1 is 1.78 bits per heavy atom. The van der Waals surface area contributed by atoms with Crippen LogP contribution in [0.5, 0.6) is 0 Å². The summed E-state index contributed by atoms with van der Waals surface area (Å²) in [5, 5.41) is 3.61. The van der Waals surface area contributed by atoms with Gasteiger partial charge in [0.05, 0.1) is 0 Å². The predicted molar refractivity (Wildman–Crippen MR) is 38.3 cm³/mol. The summed E-state index contributed by atoms with van der Waals surface area (Å²) in [4.78, 5) is 10.7. The maximum atomic E-state index is 10.7. The average Bonchev–Trinajstić information content (AvgIpc) is 2.37. The Morgan fingerprint density at radius 3 is 3.00 bits per heavy atom. The van der Waals surface area contributed by atoms with Crippen molar-refractivity contribution in [2.24, 2.45) is 0 Å². The molecular weight excluding hydrogens is 199 g/mol. The maximum absolute atomic E-state index is 10.7. The van der Waals surface area contributed by atoms with Crippen LogP contribution in [0.25, 0.3) is 0 Å². The van der Waals surface area contributed by atoms with Gasteiger partial charge in [-0.3, -0.25) is 0 Å². The molecule has 4 heteroatoms. The van der Waals surface area contributed by atoms with Crippen LogP contribution in [0.1, 0.15) is 10.4 Å². The molecule has 9 heavy (non-hydrogen) atoms. The summed E-state index contributed by atoms with van der Waals surface area (Å²) in [5.74, 6) is -0.240. The Hall–Kier alpha value is -0.272. The van der Waals surface area contributed by atoms with Crippen molar-refractivity contribution in [1.29, 1.82) is 0 Å². The molecule has 0 radical (unpaired) electrons. The van der Waals surface area contributed by atoms with Gasteiger partial charge in [-0.2, -0.15) is 0 Å². The Balaban J connectivity index is 2.77. The van der Waals surface area contributed by atoms with E-state index in [1.165, 1.54) is 11.3 Å². The van der Waals surface area contributed by atoms with Gasteiger partial charge in [0.1, 0.15) is 0 Å². The number of hydrogen-bond acceptors (Lipinski definition) is 3. The van der Waals surface area contributed by atoms with Crippen LogP contribution < -0.4 is 0 Å². The summed E-state index contributed by atoms with van der Waals surface area (Å²) in [5.41, 5.74) is 0.643. The molecular formula is C5H5AsO2S. The Bertz CT molecular complexity index is 195. The Labute approximate surface area is 65.7 Å². The first-order valence-electron chi connectivity index (χ1n) is 2.28. The number of carbonyl (C=O) groups excluding carboxylic acids is 1. The van der Waals surface area contributed by atoms with E-state index in [0.29, 0.717) is 5.56 Å². The van der Waals surface area contributed by atoms with E-state index in [-0.39, 0.29) is 5.97 Å². The second-order valence-electron chi connectivity index (χ2n) is 1.42. The third-order valence-corrected chi connectivity index (χ3v) is 2.00. The molecule has 0 aromatic carbocycles. The zero-order valence-electron chi connectivity index (χ0n) is 4.53. The Kier molecular flexibility index (Phi) is 2.31. The number of hydrogen-bond donors (Lipinski definition) is 0. The van der Waals surface area contributed by atoms with Gasteiger partial charge in [-0.25, -0.2) is 0 Å². The number of carbonyl (C=O) groups is 1. The van der Waals surface area contributed by atoms with Gasteiger partial charge in [0.2, 0.25) is 0 Å². The van der Waals surface area contributed by atoms with Crippen molar-refractivity contribution in [3.8, 4) is 0 Å². The molecule has 0 N–H and O–H groups in total. The van der Waals surface area contributed by atoms with Gasteiger partial charge in [0.25, 0.3) is 0 Å². The molecule has 48 valence electrons. The molecule has 0 aliphatic carbocycles. The molecule has 0 aliphatic heterocycles. The molecule has 0 fully saturated rings. The molecule has 0 amide bonds. The molecule has 1 aromatic rings. The topological polar surface area (TPSA) is 26.3 Å². The summed E-state index contributed by atoms with van der Waals surface area (Å²) >= 11 is 2.46. The van der Waals surface area contributed by atoms with Crippen LogP contribution in [0.2, 0.25) is 0 Å². The minimum atomic E-state index is -0.240. The standard InChI is InChI=1S/C5H5AsO2S/c6-8-5(7)4-1-2-9-3-4/h1-3H,6H2. The van der Waals surface area contributed by atoms with Crippen LogP contribution >= 0.6 is 11.3 Å². The summed E-state index contributed by atoms with van der Waals surface area (Å²) in [6.07, 6.45) is 0. The average molecular weight is 204 g/mol. The van der Waals surface area contributed by atoms with Crippen LogP contribution in [0.3, 0.4) is 0 Å². The van der Waals surface area contributed by atoms with Gasteiger partial charge < -0.3 is 0 Å². The van der Waals surface area contributed by atoms with Crippen LogP contribution in [-0.4, -0.2) is 23.2 Å². The first-order valence-corrected chi connectivity index (χ1v) is 4.21. The van der Waals surface area contributed by atoms with Gasteiger partial charge in [0, 0.05) is 0 Å². The van der Waals surface area contributed by atoms with Gasteiger partial charge >= 0.3 is 65.4 Å². The van der Waals surface area contributed by atoms with Crippen LogP contribution in [-0.2, 0) is 3.73 Å². The van der Waals surface area contributed by atoms with E-state index in [2.05, 4.69) is 3.73 Å². The van der Waals surface area contributed by atoms with E-state index in [9.17, 15) is 4.79 Å². The quantitative estimate of drug-likeness (QED) is 0.621. The zero-order valence-corrected chi connectivity index (χ0v) is 7.77. The fraction of sp³-hybridized carbons (Fsp3) is 0. The van der Waals surface area contributed by atoms with Crippen LogP contribution in [0.15, 0.2) is 16.8 Å². The van der Waals surface area contributed by atoms with E-state index in [1.54, 1.807) is 11.4 Å². The molecule has 2 nitrogen and oxygen atoms in total. The molecule has 1 rings (SSSR count). The van der Waals surface area contributed by atoms with Gasteiger partial charge in [-0.05, 0) is 0 Å². The molecule has 0 aliphatic rings. The molecule has 1 unspecified atom stereocenters. The van der Waals surface area contributed by atoms with Crippen molar-refractivity contribution in [3.05, 3.63) is 22.4 Å². The summed E-state index contributed by atoms with van der Waals surface area (Å²) in [6, 6.07) is 1.74. The Morgan fingerprint density at radius 2 is 2.56 bits per heavy atom. The second-order valence-corrected chi connectivity index (χ2v) is 2.69. The van der Waals surface area contributed by atoms with Crippen molar-refractivity contribution >= 4 is 34.5 Å². The van der Waals surface area contributed by atoms with Crippen molar-refractivity contribution < 1.29 is 8.52 Å². The van der Waals surface area contributed by atoms with Crippen molar-refractivity contribution in [2.45, 2.75) is 0 Å². The first kappa shape index (κ1) is 6.84. The van der Waals surface area contributed by atoms with Gasteiger partial charge in [-0.1, -0.05) is 0 Å². The molecule has 1 heterocycles. The van der Waals surface area contributed by atoms with Crippen LogP contribution in [0, 0.1) is 0 Å². The van der Waals surface area contributed by atoms with Crippen LogP contribution in [0.4, 0.5) is 0 Å². The fourth-order valence-corrected chi connectivity index (χ4v) is 1.36. The van der Waals surface area contributed by atoms with E-state index in [1.807, 2.05) is 5.38 Å². The van der Waals surface area contributed by atoms with Crippen molar-refractivity contribution in [3.63, 3.8) is 0 Å². The van der Waals surface area contributed by atoms with Crippen molar-refractivity contribution in [2.75, 3.05) is 0 Å².